The van der Waals surface area contributed by atoms with Crippen LogP contribution in [0.5, 0.6) is 0 Å². The lowest BCUT2D eigenvalue weighted by Gasteiger charge is -2.12. The lowest BCUT2D eigenvalue weighted by atomic mass is 9.99. The van der Waals surface area contributed by atoms with Gasteiger partial charge >= 0.3 is 0 Å². The summed E-state index contributed by atoms with van der Waals surface area (Å²) in [6.45, 7) is 0. The second kappa shape index (κ2) is 10.8. The van der Waals surface area contributed by atoms with E-state index in [0.717, 1.165) is 22.4 Å². The van der Waals surface area contributed by atoms with Crippen molar-refractivity contribution in [3.05, 3.63) is 170 Å². The van der Waals surface area contributed by atoms with E-state index in [4.69, 9.17) is 15.0 Å². The molecule has 0 atom stereocenters. The van der Waals surface area contributed by atoms with Gasteiger partial charge in [0.15, 0.2) is 17.5 Å². The fourth-order valence-corrected chi connectivity index (χ4v) is 7.99. The van der Waals surface area contributed by atoms with Crippen molar-refractivity contribution in [1.29, 1.82) is 0 Å². The molecular weight excluding hydrogens is 621 g/mol. The largest absolute Gasteiger partial charge is 0.309 e. The highest BCUT2D eigenvalue weighted by Crippen LogP contribution is 2.48. The van der Waals surface area contributed by atoms with E-state index >= 15 is 0 Å². The zero-order chi connectivity index (χ0) is 33.5. The lowest BCUT2D eigenvalue weighted by Crippen LogP contribution is -2.01. The Morgan fingerprint density at radius 3 is 1.71 bits per heavy atom. The first-order valence-corrected chi connectivity index (χ1v) is 17.3. The number of rotatable bonds is 4. The average molecular weight is 649 g/mol. The maximum absolute atomic E-state index is 5.15. The van der Waals surface area contributed by atoms with Crippen molar-refractivity contribution in [2.45, 2.75) is 0 Å². The monoisotopic (exact) mass is 648 g/mol. The third-order valence-electron chi connectivity index (χ3n) is 10.3. The molecule has 8 aromatic carbocycles. The summed E-state index contributed by atoms with van der Waals surface area (Å²) >= 11 is 0. The Hall–Kier alpha value is -6.91. The number of hydrogen-bond donors (Lipinski definition) is 0. The maximum atomic E-state index is 5.15. The van der Waals surface area contributed by atoms with E-state index in [9.17, 15) is 0 Å². The molecule has 0 spiro atoms. The zero-order valence-corrected chi connectivity index (χ0v) is 27.5. The number of aromatic nitrogens is 4. The fourth-order valence-electron chi connectivity index (χ4n) is 7.99. The van der Waals surface area contributed by atoms with Gasteiger partial charge in [0.1, 0.15) is 0 Å². The molecule has 0 unspecified atom stereocenters. The van der Waals surface area contributed by atoms with E-state index in [2.05, 4.69) is 156 Å². The SMILES string of the molecule is c1ccc(-c2nc(-c3ccc(-n4c5ccccc5c5cc6ccccc6cc54)cc3)nc(-c3cc4c5c(cccc5c3)-c3ccccc3-4)n2)cc1. The summed E-state index contributed by atoms with van der Waals surface area (Å²) in [5.41, 5.74) is 11.3. The first kappa shape index (κ1) is 28.0. The van der Waals surface area contributed by atoms with Crippen LogP contribution in [-0.4, -0.2) is 19.5 Å². The van der Waals surface area contributed by atoms with Gasteiger partial charge in [0.25, 0.3) is 0 Å². The molecule has 51 heavy (non-hydrogen) atoms. The Balaban J connectivity index is 1.08. The van der Waals surface area contributed by atoms with Gasteiger partial charge in [-0.25, -0.2) is 15.0 Å². The summed E-state index contributed by atoms with van der Waals surface area (Å²) in [6.07, 6.45) is 0. The first-order chi connectivity index (χ1) is 25.3. The summed E-state index contributed by atoms with van der Waals surface area (Å²) in [7, 11) is 0. The summed E-state index contributed by atoms with van der Waals surface area (Å²) in [5.74, 6) is 1.95. The average Bonchev–Trinajstić information content (AvgIpc) is 3.70. The van der Waals surface area contributed by atoms with Crippen molar-refractivity contribution in [2.75, 3.05) is 0 Å². The molecule has 0 N–H and O–H groups in total. The summed E-state index contributed by atoms with van der Waals surface area (Å²) in [4.78, 5) is 15.3. The van der Waals surface area contributed by atoms with Crippen LogP contribution in [0.25, 0.3) is 105 Å². The molecule has 0 saturated carbocycles. The molecule has 0 saturated heterocycles. The fraction of sp³-hybridized carbons (Fsp3) is 0. The van der Waals surface area contributed by atoms with Crippen LogP contribution in [0.1, 0.15) is 0 Å². The van der Waals surface area contributed by atoms with E-state index in [1.54, 1.807) is 0 Å². The molecule has 1 aliphatic carbocycles. The van der Waals surface area contributed by atoms with Crippen molar-refractivity contribution >= 4 is 43.4 Å². The molecule has 10 aromatic rings. The van der Waals surface area contributed by atoms with Gasteiger partial charge in [0, 0.05) is 33.2 Å². The minimum absolute atomic E-state index is 0.643. The highest BCUT2D eigenvalue weighted by Gasteiger charge is 2.23. The Morgan fingerprint density at radius 2 is 0.922 bits per heavy atom. The van der Waals surface area contributed by atoms with Crippen LogP contribution in [0.2, 0.25) is 0 Å². The minimum Gasteiger partial charge on any atom is -0.309 e. The summed E-state index contributed by atoms with van der Waals surface area (Å²) < 4.78 is 2.36. The molecule has 0 radical (unpaired) electrons. The molecule has 0 aliphatic heterocycles. The molecule has 1 aliphatic rings. The van der Waals surface area contributed by atoms with Crippen molar-refractivity contribution in [1.82, 2.24) is 19.5 Å². The van der Waals surface area contributed by atoms with Crippen LogP contribution in [0.4, 0.5) is 0 Å². The number of para-hydroxylation sites is 1. The van der Waals surface area contributed by atoms with Gasteiger partial charge in [-0.3, -0.25) is 0 Å². The zero-order valence-electron chi connectivity index (χ0n) is 27.5. The third-order valence-corrected chi connectivity index (χ3v) is 10.3. The molecule has 4 nitrogen and oxygen atoms in total. The van der Waals surface area contributed by atoms with Gasteiger partial charge in [-0.2, -0.15) is 0 Å². The Kier molecular flexibility index (Phi) is 5.92. The van der Waals surface area contributed by atoms with E-state index < -0.39 is 0 Å². The number of benzene rings is 8. The van der Waals surface area contributed by atoms with E-state index in [1.165, 1.54) is 65.6 Å². The maximum Gasteiger partial charge on any atom is 0.164 e. The Labute approximate surface area is 294 Å². The molecule has 11 rings (SSSR count). The second-order valence-corrected chi connectivity index (χ2v) is 13.3. The minimum atomic E-state index is 0.643. The van der Waals surface area contributed by atoms with Crippen LogP contribution in [0.3, 0.4) is 0 Å². The van der Waals surface area contributed by atoms with Crippen LogP contribution in [-0.2, 0) is 0 Å². The van der Waals surface area contributed by atoms with Crippen LogP contribution < -0.4 is 0 Å². The predicted molar refractivity (Wildman–Crippen MR) is 210 cm³/mol. The van der Waals surface area contributed by atoms with Gasteiger partial charge in [-0.15, -0.1) is 0 Å². The smallest absolute Gasteiger partial charge is 0.164 e. The first-order valence-electron chi connectivity index (χ1n) is 17.3. The van der Waals surface area contributed by atoms with Gasteiger partial charge in [-0.1, -0.05) is 115 Å². The van der Waals surface area contributed by atoms with Crippen molar-refractivity contribution in [2.24, 2.45) is 0 Å². The molecule has 4 heteroatoms. The van der Waals surface area contributed by atoms with Gasteiger partial charge in [-0.05, 0) is 98.4 Å². The van der Waals surface area contributed by atoms with E-state index in [1.807, 2.05) is 18.2 Å². The van der Waals surface area contributed by atoms with Crippen molar-refractivity contribution in [3.63, 3.8) is 0 Å². The Bertz CT molecular complexity index is 3010. The van der Waals surface area contributed by atoms with Crippen molar-refractivity contribution < 1.29 is 0 Å². The van der Waals surface area contributed by atoms with Crippen LogP contribution >= 0.6 is 0 Å². The van der Waals surface area contributed by atoms with E-state index in [0.29, 0.717) is 17.5 Å². The number of nitrogens with zero attached hydrogens (tertiary/aromatic N) is 4. The highest BCUT2D eigenvalue weighted by molar-refractivity contribution is 6.16. The summed E-state index contributed by atoms with van der Waals surface area (Å²) in [6, 6.07) is 60.3. The quantitative estimate of drug-likeness (QED) is 0.191. The normalized spacial score (nSPS) is 11.9. The van der Waals surface area contributed by atoms with Crippen molar-refractivity contribution in [3.8, 4) is 62.1 Å². The molecular formula is C47H28N4. The van der Waals surface area contributed by atoms with Gasteiger partial charge < -0.3 is 4.57 Å². The predicted octanol–water partition coefficient (Wildman–Crippen LogP) is 11.9. The van der Waals surface area contributed by atoms with Gasteiger partial charge in [0.05, 0.1) is 11.0 Å². The van der Waals surface area contributed by atoms with Crippen LogP contribution in [0.15, 0.2) is 170 Å². The summed E-state index contributed by atoms with van der Waals surface area (Å²) in [5, 5.41) is 7.43. The lowest BCUT2D eigenvalue weighted by molar-refractivity contribution is 1.07. The molecule has 2 aromatic heterocycles. The van der Waals surface area contributed by atoms with Gasteiger partial charge in [0.2, 0.25) is 0 Å². The molecule has 0 amide bonds. The topological polar surface area (TPSA) is 43.6 Å². The van der Waals surface area contributed by atoms with E-state index in [-0.39, 0.29) is 0 Å². The standard InChI is InChI=1S/C47H28N4/c1-2-11-29(12-3-1)45-48-46(50-47(49-45)34-25-33-15-10-19-39-36-16-6-7-17-37(36)41(27-34)44(33)39)30-21-23-35(24-22-30)51-42-20-9-8-18-38(42)40-26-31-13-4-5-14-32(31)28-43(40)51/h1-28H. The molecule has 2 heterocycles. The Morgan fingerprint density at radius 1 is 0.333 bits per heavy atom. The highest BCUT2D eigenvalue weighted by atomic mass is 15.0. The third kappa shape index (κ3) is 4.30. The molecule has 236 valence electrons. The number of hydrogen-bond acceptors (Lipinski definition) is 3. The molecule has 0 bridgehead atoms. The van der Waals surface area contributed by atoms with Crippen LogP contribution in [0, 0.1) is 0 Å². The number of fused-ring (bicyclic) bond motifs is 7. The molecule has 0 fully saturated rings. The second-order valence-electron chi connectivity index (χ2n) is 13.3.